The van der Waals surface area contributed by atoms with Crippen LogP contribution in [0.4, 0.5) is 17.3 Å². The summed E-state index contributed by atoms with van der Waals surface area (Å²) in [5, 5.41) is 13.1. The Morgan fingerprint density at radius 1 is 1.05 bits per heavy atom. The fraction of sp³-hybridized carbons (Fsp3) is 0.393. The van der Waals surface area contributed by atoms with E-state index in [-0.39, 0.29) is 6.10 Å². The second kappa shape index (κ2) is 12.3. The summed E-state index contributed by atoms with van der Waals surface area (Å²) in [5.74, 6) is 1.86. The number of hydrogen-bond donors (Lipinski definition) is 1. The van der Waals surface area contributed by atoms with Gasteiger partial charge in [0.05, 0.1) is 37.3 Å². The zero-order valence-electron chi connectivity index (χ0n) is 21.7. The van der Waals surface area contributed by atoms with Gasteiger partial charge in [0.15, 0.2) is 0 Å². The molecule has 2 aliphatic heterocycles. The number of rotatable bonds is 8. The van der Waals surface area contributed by atoms with Crippen LogP contribution in [0.2, 0.25) is 0 Å². The smallest absolute Gasteiger partial charge is 0.227 e. The summed E-state index contributed by atoms with van der Waals surface area (Å²) < 4.78 is 19.7. The Hall–Kier alpha value is -3.52. The summed E-state index contributed by atoms with van der Waals surface area (Å²) in [4.78, 5) is 11.4. The zero-order chi connectivity index (χ0) is 26.3. The number of nitrogens with zero attached hydrogens (tertiary/aromatic N) is 5. The van der Waals surface area contributed by atoms with Crippen molar-refractivity contribution in [1.82, 2.24) is 14.3 Å². The van der Waals surface area contributed by atoms with Gasteiger partial charge in [0, 0.05) is 49.7 Å². The van der Waals surface area contributed by atoms with Crippen molar-refractivity contribution >= 4 is 29.3 Å². The first-order valence-corrected chi connectivity index (χ1v) is 14.0. The van der Waals surface area contributed by atoms with E-state index in [4.69, 9.17) is 19.2 Å². The number of piperidine rings is 1. The van der Waals surface area contributed by atoms with Crippen LogP contribution in [0.15, 0.2) is 48.7 Å². The van der Waals surface area contributed by atoms with Crippen molar-refractivity contribution in [2.45, 2.75) is 18.9 Å². The number of hydrogen-bond acceptors (Lipinski definition) is 10. The van der Waals surface area contributed by atoms with Gasteiger partial charge in [-0.2, -0.15) is 5.26 Å². The molecule has 0 unspecified atom stereocenters. The third-order valence-electron chi connectivity index (χ3n) is 6.79. The van der Waals surface area contributed by atoms with Crippen LogP contribution in [0.3, 0.4) is 0 Å². The van der Waals surface area contributed by atoms with Crippen LogP contribution in [0, 0.1) is 11.3 Å². The summed E-state index contributed by atoms with van der Waals surface area (Å²) in [5.41, 5.74) is 3.92. The lowest BCUT2D eigenvalue weighted by atomic mass is 10.1. The number of morpholine rings is 1. The Labute approximate surface area is 227 Å². The molecule has 0 radical (unpaired) electrons. The summed E-state index contributed by atoms with van der Waals surface area (Å²) in [6.45, 7) is 5.07. The van der Waals surface area contributed by atoms with Crippen molar-refractivity contribution in [3.63, 3.8) is 0 Å². The van der Waals surface area contributed by atoms with Gasteiger partial charge in [0.1, 0.15) is 23.7 Å². The molecule has 5 rings (SSSR count). The third kappa shape index (κ3) is 6.13. The SMILES string of the molecule is COc1cc(Nc2nccc(-c3ccc(OC4CCN(SC)CC4)c(C#N)c3)n2)ccc1N1CCOCC1. The molecule has 2 aliphatic rings. The van der Waals surface area contributed by atoms with E-state index in [2.05, 4.69) is 31.8 Å². The maximum absolute atomic E-state index is 9.81. The Bertz CT molecular complexity index is 1290. The summed E-state index contributed by atoms with van der Waals surface area (Å²) in [7, 11) is 1.67. The number of nitrogens with one attached hydrogen (secondary N) is 1. The highest BCUT2D eigenvalue weighted by Crippen LogP contribution is 2.33. The minimum absolute atomic E-state index is 0.123. The third-order valence-corrected chi connectivity index (χ3v) is 7.67. The van der Waals surface area contributed by atoms with E-state index in [0.29, 0.717) is 30.5 Å². The molecule has 198 valence electrons. The fourth-order valence-corrected chi connectivity index (χ4v) is 5.30. The molecule has 0 spiro atoms. The van der Waals surface area contributed by atoms with Gasteiger partial charge in [-0.1, -0.05) is 11.9 Å². The molecule has 0 aliphatic carbocycles. The molecule has 10 heteroatoms. The quantitative estimate of drug-likeness (QED) is 0.410. The first-order valence-electron chi connectivity index (χ1n) is 12.8. The molecular formula is C28H32N6O3S. The predicted octanol–water partition coefficient (Wildman–Crippen LogP) is 4.73. The highest BCUT2D eigenvalue weighted by molar-refractivity contribution is 7.96. The Kier molecular flexibility index (Phi) is 8.48. The molecule has 0 atom stereocenters. The number of anilines is 3. The first-order chi connectivity index (χ1) is 18.7. The van der Waals surface area contributed by atoms with E-state index in [1.807, 2.05) is 42.5 Å². The first kappa shape index (κ1) is 26.1. The van der Waals surface area contributed by atoms with Gasteiger partial charge in [-0.25, -0.2) is 9.97 Å². The summed E-state index contributed by atoms with van der Waals surface area (Å²) >= 11 is 1.77. The van der Waals surface area contributed by atoms with Gasteiger partial charge in [0.25, 0.3) is 0 Å². The van der Waals surface area contributed by atoms with Crippen LogP contribution >= 0.6 is 11.9 Å². The molecule has 2 saturated heterocycles. The fourth-order valence-electron chi connectivity index (χ4n) is 4.72. The van der Waals surface area contributed by atoms with Crippen LogP contribution in [-0.2, 0) is 4.74 Å². The van der Waals surface area contributed by atoms with Gasteiger partial charge in [-0.15, -0.1) is 0 Å². The molecule has 9 nitrogen and oxygen atoms in total. The van der Waals surface area contributed by atoms with E-state index in [9.17, 15) is 5.26 Å². The number of ether oxygens (including phenoxy) is 3. The Balaban J connectivity index is 1.30. The van der Waals surface area contributed by atoms with E-state index in [1.54, 1.807) is 25.3 Å². The van der Waals surface area contributed by atoms with Gasteiger partial charge in [-0.3, -0.25) is 4.31 Å². The summed E-state index contributed by atoms with van der Waals surface area (Å²) in [6, 6.07) is 15.8. The normalized spacial score (nSPS) is 16.6. The van der Waals surface area contributed by atoms with Crippen molar-refractivity contribution in [1.29, 1.82) is 5.26 Å². The average Bonchev–Trinajstić information content (AvgIpc) is 2.98. The standard InChI is InChI=1S/C28H32N6O3S/c1-35-27-18-22(4-5-25(27)33-13-15-36-16-14-33)31-28-30-10-7-24(32-28)20-3-6-26(21(17-20)19-29)37-23-8-11-34(38-2)12-9-23/h3-7,10,17-18,23H,8-9,11-16H2,1-2H3,(H,30,31,32). The molecule has 1 aromatic heterocycles. The molecular weight excluding hydrogens is 500 g/mol. The van der Waals surface area contributed by atoms with Gasteiger partial charge in [0.2, 0.25) is 5.95 Å². The zero-order valence-corrected chi connectivity index (χ0v) is 22.5. The van der Waals surface area contributed by atoms with Crippen LogP contribution < -0.4 is 19.7 Å². The van der Waals surface area contributed by atoms with Crippen molar-refractivity contribution in [3.05, 3.63) is 54.2 Å². The van der Waals surface area contributed by atoms with Gasteiger partial charge in [-0.05, 0) is 55.5 Å². The minimum atomic E-state index is 0.123. The summed E-state index contributed by atoms with van der Waals surface area (Å²) in [6.07, 6.45) is 5.83. The van der Waals surface area contributed by atoms with Crippen molar-refractivity contribution < 1.29 is 14.2 Å². The maximum atomic E-state index is 9.81. The maximum Gasteiger partial charge on any atom is 0.227 e. The largest absolute Gasteiger partial charge is 0.495 e. The topological polar surface area (TPSA) is 95.8 Å². The van der Waals surface area contributed by atoms with Gasteiger partial charge < -0.3 is 24.4 Å². The molecule has 0 bridgehead atoms. The molecule has 3 heterocycles. The molecule has 0 amide bonds. The molecule has 3 aromatic rings. The van der Waals surface area contributed by atoms with Gasteiger partial charge >= 0.3 is 0 Å². The molecule has 0 saturated carbocycles. The minimum Gasteiger partial charge on any atom is -0.495 e. The molecule has 1 N–H and O–H groups in total. The second-order valence-electron chi connectivity index (χ2n) is 9.13. The van der Waals surface area contributed by atoms with Crippen molar-refractivity contribution in [3.8, 4) is 28.8 Å². The second-order valence-corrected chi connectivity index (χ2v) is 10.0. The monoisotopic (exact) mass is 532 g/mol. The van der Waals surface area contributed by atoms with Crippen molar-refractivity contribution in [2.24, 2.45) is 0 Å². The van der Waals surface area contributed by atoms with E-state index >= 15 is 0 Å². The number of benzene rings is 2. The Morgan fingerprint density at radius 3 is 2.61 bits per heavy atom. The van der Waals surface area contributed by atoms with Crippen LogP contribution in [-0.4, -0.2) is 73.1 Å². The predicted molar refractivity (Wildman–Crippen MR) is 150 cm³/mol. The van der Waals surface area contributed by atoms with Crippen LogP contribution in [0.5, 0.6) is 11.5 Å². The Morgan fingerprint density at radius 2 is 1.87 bits per heavy atom. The molecule has 38 heavy (non-hydrogen) atoms. The average molecular weight is 533 g/mol. The lowest BCUT2D eigenvalue weighted by Gasteiger charge is -2.30. The van der Waals surface area contributed by atoms with E-state index < -0.39 is 0 Å². The highest BCUT2D eigenvalue weighted by atomic mass is 32.2. The van der Waals surface area contributed by atoms with E-state index in [1.165, 1.54) is 0 Å². The molecule has 2 aromatic carbocycles. The lowest BCUT2D eigenvalue weighted by molar-refractivity contribution is 0.122. The van der Waals surface area contributed by atoms with E-state index in [0.717, 1.165) is 67.4 Å². The molecule has 2 fully saturated rings. The lowest BCUT2D eigenvalue weighted by Crippen LogP contribution is -2.36. The van der Waals surface area contributed by atoms with Crippen LogP contribution in [0.1, 0.15) is 18.4 Å². The number of nitriles is 1. The highest BCUT2D eigenvalue weighted by Gasteiger charge is 2.21. The number of methoxy groups -OCH3 is 1. The van der Waals surface area contributed by atoms with Crippen molar-refractivity contribution in [2.75, 3.05) is 63.0 Å². The van der Waals surface area contributed by atoms with Crippen LogP contribution in [0.25, 0.3) is 11.3 Å². The number of aromatic nitrogens is 2.